The summed E-state index contributed by atoms with van der Waals surface area (Å²) in [6, 6.07) is 0.121. The van der Waals surface area contributed by atoms with Crippen LogP contribution in [0.1, 0.15) is 38.6 Å². The minimum absolute atomic E-state index is 0.212. The number of carbonyl (C=O) groups excluding carboxylic acids is 1. The van der Waals surface area contributed by atoms with Crippen LogP contribution >= 0.6 is 11.3 Å². The van der Waals surface area contributed by atoms with Crippen molar-refractivity contribution in [2.24, 2.45) is 0 Å². The lowest BCUT2D eigenvalue weighted by Gasteiger charge is -2.37. The molecule has 0 saturated carbocycles. The summed E-state index contributed by atoms with van der Waals surface area (Å²) in [6.07, 6.45) is 0. The second kappa shape index (κ2) is 8.56. The predicted molar refractivity (Wildman–Crippen MR) is 94.2 cm³/mol. The highest BCUT2D eigenvalue weighted by molar-refractivity contribution is 7.15. The molecular formula is C15H28N6OS. The minimum Gasteiger partial charge on any atom is -0.336 e. The van der Waals surface area contributed by atoms with Gasteiger partial charge in [-0.25, -0.2) is 4.79 Å². The third-order valence-electron chi connectivity index (χ3n) is 4.19. The molecule has 0 aromatic carbocycles. The van der Waals surface area contributed by atoms with Gasteiger partial charge in [0.2, 0.25) is 5.13 Å². The number of amides is 2. The molecule has 1 aliphatic heterocycles. The Morgan fingerprint density at radius 3 is 2.48 bits per heavy atom. The van der Waals surface area contributed by atoms with Gasteiger partial charge in [-0.2, -0.15) is 0 Å². The van der Waals surface area contributed by atoms with Gasteiger partial charge in [-0.05, 0) is 13.5 Å². The van der Waals surface area contributed by atoms with E-state index in [0.29, 0.717) is 23.6 Å². The summed E-state index contributed by atoms with van der Waals surface area (Å²) >= 11 is 1.42. The van der Waals surface area contributed by atoms with Crippen molar-refractivity contribution in [2.45, 2.75) is 39.7 Å². The van der Waals surface area contributed by atoms with Crippen molar-refractivity contribution in [3.05, 3.63) is 5.01 Å². The number of nitrogens with one attached hydrogen (secondary N) is 2. The van der Waals surface area contributed by atoms with E-state index >= 15 is 0 Å². The number of carbonyl (C=O) groups is 1. The quantitative estimate of drug-likeness (QED) is 0.826. The molecule has 0 bridgehead atoms. The van der Waals surface area contributed by atoms with Gasteiger partial charge < -0.3 is 10.2 Å². The summed E-state index contributed by atoms with van der Waals surface area (Å²) < 4.78 is 0. The average Bonchev–Trinajstić information content (AvgIpc) is 3.01. The van der Waals surface area contributed by atoms with Crippen LogP contribution in [0.25, 0.3) is 0 Å². The van der Waals surface area contributed by atoms with E-state index in [1.54, 1.807) is 0 Å². The highest BCUT2D eigenvalue weighted by atomic mass is 32.1. The zero-order valence-corrected chi connectivity index (χ0v) is 15.3. The van der Waals surface area contributed by atoms with Crippen LogP contribution in [-0.2, 0) is 0 Å². The van der Waals surface area contributed by atoms with Crippen molar-refractivity contribution < 1.29 is 4.79 Å². The predicted octanol–water partition coefficient (Wildman–Crippen LogP) is 1.81. The van der Waals surface area contributed by atoms with E-state index in [1.807, 2.05) is 0 Å². The molecule has 0 spiro atoms. The van der Waals surface area contributed by atoms with E-state index in [0.717, 1.165) is 37.7 Å². The molecule has 1 aliphatic rings. The Hall–Kier alpha value is -1.25. The van der Waals surface area contributed by atoms with E-state index in [1.165, 1.54) is 11.3 Å². The summed E-state index contributed by atoms with van der Waals surface area (Å²) in [7, 11) is 0. The van der Waals surface area contributed by atoms with E-state index in [2.05, 4.69) is 58.3 Å². The monoisotopic (exact) mass is 340 g/mol. The first-order valence-corrected chi connectivity index (χ1v) is 9.16. The number of nitrogens with zero attached hydrogens (tertiary/aromatic N) is 4. The van der Waals surface area contributed by atoms with Crippen LogP contribution in [0.15, 0.2) is 0 Å². The maximum atomic E-state index is 12.0. The van der Waals surface area contributed by atoms with Crippen LogP contribution < -0.4 is 10.6 Å². The molecule has 130 valence electrons. The molecule has 2 amide bonds. The molecule has 0 aliphatic carbocycles. The van der Waals surface area contributed by atoms with Gasteiger partial charge in [0.1, 0.15) is 5.01 Å². The van der Waals surface area contributed by atoms with Crippen molar-refractivity contribution in [2.75, 3.05) is 44.6 Å². The molecule has 1 aromatic rings. The van der Waals surface area contributed by atoms with E-state index < -0.39 is 0 Å². The zero-order chi connectivity index (χ0) is 16.8. The highest BCUT2D eigenvalue weighted by Crippen LogP contribution is 2.22. The van der Waals surface area contributed by atoms with Gasteiger partial charge in [-0.3, -0.25) is 10.2 Å². The maximum Gasteiger partial charge on any atom is 0.321 e. The molecule has 2 heterocycles. The van der Waals surface area contributed by atoms with Gasteiger partial charge in [0.25, 0.3) is 0 Å². The maximum absolute atomic E-state index is 12.0. The second-order valence-electron chi connectivity index (χ2n) is 6.25. The molecule has 8 heteroatoms. The summed E-state index contributed by atoms with van der Waals surface area (Å²) in [5, 5.41) is 15.2. The lowest BCUT2D eigenvalue weighted by atomic mass is 10.2. The van der Waals surface area contributed by atoms with Crippen molar-refractivity contribution >= 4 is 22.5 Å². The number of rotatable bonds is 6. The molecule has 1 atom stereocenters. The van der Waals surface area contributed by atoms with E-state index in [4.69, 9.17) is 0 Å². The first-order valence-electron chi connectivity index (χ1n) is 8.34. The van der Waals surface area contributed by atoms with Gasteiger partial charge in [-0.1, -0.05) is 32.1 Å². The standard InChI is InChI=1S/C15H28N6OS/c1-5-20-6-8-21(9-7-20)12(4)10-16-14(22)17-15-19-18-13(23-15)11(2)3/h11-12H,5-10H2,1-4H3,(H2,16,17,19,22)/t12-/m1/s1. The molecule has 0 radical (unpaired) electrons. The first kappa shape index (κ1) is 18.1. The highest BCUT2D eigenvalue weighted by Gasteiger charge is 2.20. The van der Waals surface area contributed by atoms with Crippen LogP contribution in [0.2, 0.25) is 0 Å². The number of hydrogen-bond acceptors (Lipinski definition) is 6. The number of anilines is 1. The Kier molecular flexibility index (Phi) is 6.73. The van der Waals surface area contributed by atoms with Crippen molar-refractivity contribution in [1.29, 1.82) is 0 Å². The third kappa shape index (κ3) is 5.40. The number of likely N-dealkylation sites (N-methyl/N-ethyl adjacent to an activating group) is 1. The SMILES string of the molecule is CCN1CCN([C@H](C)CNC(=O)Nc2nnc(C(C)C)s2)CC1. The Balaban J connectivity index is 1.71. The van der Waals surface area contributed by atoms with Crippen LogP contribution in [0.4, 0.5) is 9.93 Å². The lowest BCUT2D eigenvalue weighted by molar-refractivity contribution is 0.106. The van der Waals surface area contributed by atoms with Gasteiger partial charge in [0.05, 0.1) is 0 Å². The summed E-state index contributed by atoms with van der Waals surface area (Å²) in [4.78, 5) is 16.8. The molecule has 1 saturated heterocycles. The van der Waals surface area contributed by atoms with Crippen molar-refractivity contribution in [3.63, 3.8) is 0 Å². The Bertz CT molecular complexity index is 498. The smallest absolute Gasteiger partial charge is 0.321 e. The second-order valence-corrected chi connectivity index (χ2v) is 7.26. The number of urea groups is 1. The molecule has 2 N–H and O–H groups in total. The summed E-state index contributed by atoms with van der Waals surface area (Å²) in [5.41, 5.74) is 0. The topological polar surface area (TPSA) is 73.4 Å². The third-order valence-corrected chi connectivity index (χ3v) is 5.33. The van der Waals surface area contributed by atoms with E-state index in [9.17, 15) is 4.79 Å². The fourth-order valence-electron chi connectivity index (χ4n) is 2.55. The van der Waals surface area contributed by atoms with Gasteiger partial charge in [0, 0.05) is 44.7 Å². The fourth-order valence-corrected chi connectivity index (χ4v) is 3.29. The Morgan fingerprint density at radius 2 is 1.91 bits per heavy atom. The number of hydrogen-bond donors (Lipinski definition) is 2. The van der Waals surface area contributed by atoms with Gasteiger partial charge in [-0.15, -0.1) is 10.2 Å². The van der Waals surface area contributed by atoms with Crippen molar-refractivity contribution in [3.8, 4) is 0 Å². The van der Waals surface area contributed by atoms with E-state index in [-0.39, 0.29) is 6.03 Å². The van der Waals surface area contributed by atoms with Crippen LogP contribution in [-0.4, -0.2) is 71.3 Å². The molecule has 7 nitrogen and oxygen atoms in total. The average molecular weight is 340 g/mol. The van der Waals surface area contributed by atoms with Crippen molar-refractivity contribution in [1.82, 2.24) is 25.3 Å². The Morgan fingerprint density at radius 1 is 1.22 bits per heavy atom. The normalized spacial score (nSPS) is 18.1. The molecule has 23 heavy (non-hydrogen) atoms. The number of piperazine rings is 1. The summed E-state index contributed by atoms with van der Waals surface area (Å²) in [6.45, 7) is 14.6. The molecule has 1 fully saturated rings. The molecule has 2 rings (SSSR count). The molecule has 0 unspecified atom stereocenters. The fraction of sp³-hybridized carbons (Fsp3) is 0.800. The minimum atomic E-state index is -0.212. The van der Waals surface area contributed by atoms with Gasteiger partial charge in [0.15, 0.2) is 0 Å². The number of aromatic nitrogens is 2. The van der Waals surface area contributed by atoms with Gasteiger partial charge >= 0.3 is 6.03 Å². The van der Waals surface area contributed by atoms with Crippen LogP contribution in [0.3, 0.4) is 0 Å². The first-order chi connectivity index (χ1) is 11.0. The zero-order valence-electron chi connectivity index (χ0n) is 14.5. The largest absolute Gasteiger partial charge is 0.336 e. The lowest BCUT2D eigenvalue weighted by Crippen LogP contribution is -2.52. The van der Waals surface area contributed by atoms with Crippen LogP contribution in [0, 0.1) is 0 Å². The molecule has 1 aromatic heterocycles. The summed E-state index contributed by atoms with van der Waals surface area (Å²) in [5.74, 6) is 0.327. The van der Waals surface area contributed by atoms with Crippen LogP contribution in [0.5, 0.6) is 0 Å². The molecular weight excluding hydrogens is 312 g/mol. The Labute approximate surface area is 142 Å².